The van der Waals surface area contributed by atoms with Crippen molar-refractivity contribution in [3.8, 4) is 5.75 Å². The zero-order valence-corrected chi connectivity index (χ0v) is 20.1. The topological polar surface area (TPSA) is 66.4 Å². The molecule has 2 atom stereocenters. The van der Waals surface area contributed by atoms with Crippen LogP contribution in [0.25, 0.3) is 0 Å². The van der Waals surface area contributed by atoms with Gasteiger partial charge in [0.25, 0.3) is 0 Å². The summed E-state index contributed by atoms with van der Waals surface area (Å²) >= 11 is 6.21. The largest absolute Gasteiger partial charge is 0.487 e. The molecule has 1 aromatic rings. The van der Waals surface area contributed by atoms with E-state index in [1.54, 1.807) is 19.0 Å². The number of ether oxygens (including phenoxy) is 2. The number of nitrogens with one attached hydrogen (secondary N) is 1. The Morgan fingerprint density at radius 1 is 1.38 bits per heavy atom. The van der Waals surface area contributed by atoms with Gasteiger partial charge in [0.15, 0.2) is 5.96 Å². The lowest BCUT2D eigenvalue weighted by atomic mass is 10.2. The normalized spacial score (nSPS) is 21.6. The molecule has 2 saturated heterocycles. The van der Waals surface area contributed by atoms with E-state index in [0.717, 1.165) is 38.4 Å². The molecule has 7 nitrogen and oxygen atoms in total. The lowest BCUT2D eigenvalue weighted by Crippen LogP contribution is -2.44. The number of carbonyl (C=O) groups is 1. The highest BCUT2D eigenvalue weighted by molar-refractivity contribution is 14.0. The van der Waals surface area contributed by atoms with E-state index in [1.165, 1.54) is 0 Å². The molecule has 9 heteroatoms. The molecule has 0 saturated carbocycles. The predicted molar refractivity (Wildman–Crippen MR) is 125 cm³/mol. The molecule has 1 aromatic carbocycles. The lowest BCUT2D eigenvalue weighted by Gasteiger charge is -2.24. The number of likely N-dealkylation sites (tertiary alicyclic amines) is 1. The fourth-order valence-electron chi connectivity index (χ4n) is 3.30. The van der Waals surface area contributed by atoms with Gasteiger partial charge in [0.1, 0.15) is 18.4 Å². The second kappa shape index (κ2) is 11.8. The molecule has 2 heterocycles. The fourth-order valence-corrected chi connectivity index (χ4v) is 3.48. The SMILES string of the molecule is CN(C)C(=O)CN=C(NCC1CCCO1)N1CCC(Oc2ccccc2Cl)C1.I. The van der Waals surface area contributed by atoms with Crippen LogP contribution in [0.15, 0.2) is 29.3 Å². The molecule has 2 fully saturated rings. The minimum Gasteiger partial charge on any atom is -0.487 e. The van der Waals surface area contributed by atoms with Crippen molar-refractivity contribution in [3.05, 3.63) is 29.3 Å². The standard InChI is InChI=1S/C20H29ClN4O3.HI/c1-24(2)19(26)13-23-20(22-12-15-6-5-11-27-15)25-10-9-16(14-25)28-18-8-4-3-7-17(18)21;/h3-4,7-8,15-16H,5-6,9-14H2,1-2H3,(H,22,23);1H. The van der Waals surface area contributed by atoms with Crippen molar-refractivity contribution in [1.29, 1.82) is 0 Å². The van der Waals surface area contributed by atoms with E-state index in [0.29, 0.717) is 23.9 Å². The highest BCUT2D eigenvalue weighted by Gasteiger charge is 2.28. The summed E-state index contributed by atoms with van der Waals surface area (Å²) in [5.74, 6) is 1.40. The molecule has 0 radical (unpaired) electrons. The molecule has 162 valence electrons. The maximum atomic E-state index is 12.0. The molecule has 0 aromatic heterocycles. The number of para-hydroxylation sites is 1. The number of halogens is 2. The van der Waals surface area contributed by atoms with Gasteiger partial charge in [-0.1, -0.05) is 23.7 Å². The van der Waals surface area contributed by atoms with E-state index >= 15 is 0 Å². The number of amides is 1. The first kappa shape index (κ1) is 24.0. The number of hydrogen-bond donors (Lipinski definition) is 1. The third-order valence-electron chi connectivity index (χ3n) is 4.95. The van der Waals surface area contributed by atoms with Crippen molar-refractivity contribution < 1.29 is 14.3 Å². The van der Waals surface area contributed by atoms with Gasteiger partial charge in [-0.05, 0) is 25.0 Å². The third-order valence-corrected chi connectivity index (χ3v) is 5.26. The summed E-state index contributed by atoms with van der Waals surface area (Å²) < 4.78 is 11.8. The van der Waals surface area contributed by atoms with E-state index in [2.05, 4.69) is 15.2 Å². The molecule has 2 aliphatic heterocycles. The Morgan fingerprint density at radius 3 is 2.86 bits per heavy atom. The van der Waals surface area contributed by atoms with Crippen molar-refractivity contribution in [2.24, 2.45) is 4.99 Å². The van der Waals surface area contributed by atoms with E-state index in [9.17, 15) is 4.79 Å². The molecule has 3 rings (SSSR count). The van der Waals surface area contributed by atoms with Crippen LogP contribution in [0, 0.1) is 0 Å². The number of nitrogens with zero attached hydrogens (tertiary/aromatic N) is 3. The van der Waals surface area contributed by atoms with Gasteiger partial charge >= 0.3 is 0 Å². The van der Waals surface area contributed by atoms with E-state index in [4.69, 9.17) is 21.1 Å². The van der Waals surface area contributed by atoms with Gasteiger partial charge in [-0.25, -0.2) is 4.99 Å². The molecule has 0 spiro atoms. The predicted octanol–water partition coefficient (Wildman–Crippen LogP) is 2.62. The summed E-state index contributed by atoms with van der Waals surface area (Å²) in [4.78, 5) is 20.2. The molecule has 29 heavy (non-hydrogen) atoms. The van der Waals surface area contributed by atoms with Crippen molar-refractivity contribution in [3.63, 3.8) is 0 Å². The van der Waals surface area contributed by atoms with Crippen LogP contribution < -0.4 is 10.1 Å². The van der Waals surface area contributed by atoms with E-state index < -0.39 is 0 Å². The molecule has 0 bridgehead atoms. The van der Waals surface area contributed by atoms with Gasteiger partial charge in [0.05, 0.1) is 17.7 Å². The van der Waals surface area contributed by atoms with E-state index in [-0.39, 0.29) is 48.6 Å². The molecular formula is C20H30ClIN4O3. The number of guanidine groups is 1. The average Bonchev–Trinajstić information content (AvgIpc) is 3.35. The molecule has 2 aliphatic rings. The first-order chi connectivity index (χ1) is 13.5. The van der Waals surface area contributed by atoms with E-state index in [1.807, 2.05) is 24.3 Å². The Hall–Kier alpha value is -1.26. The van der Waals surface area contributed by atoms with Crippen LogP contribution in [0.2, 0.25) is 5.02 Å². The zero-order valence-electron chi connectivity index (χ0n) is 17.0. The van der Waals surface area contributed by atoms with Crippen LogP contribution in [-0.4, -0.2) is 80.8 Å². The summed E-state index contributed by atoms with van der Waals surface area (Å²) in [6.45, 7) is 3.13. The Morgan fingerprint density at radius 2 is 2.17 bits per heavy atom. The quantitative estimate of drug-likeness (QED) is 0.344. The second-order valence-corrected chi connectivity index (χ2v) is 7.76. The Kier molecular flexibility index (Phi) is 9.78. The maximum Gasteiger partial charge on any atom is 0.243 e. The molecule has 1 amide bonds. The number of likely N-dealkylation sites (N-methyl/N-ethyl adjacent to an activating group) is 1. The lowest BCUT2D eigenvalue weighted by molar-refractivity contribution is -0.127. The van der Waals surface area contributed by atoms with Crippen molar-refractivity contribution >= 4 is 47.4 Å². The molecule has 1 N–H and O–H groups in total. The minimum atomic E-state index is -0.0283. The van der Waals surface area contributed by atoms with Crippen molar-refractivity contribution in [2.45, 2.75) is 31.5 Å². The highest BCUT2D eigenvalue weighted by atomic mass is 127. The zero-order chi connectivity index (χ0) is 19.9. The summed E-state index contributed by atoms with van der Waals surface area (Å²) in [6.07, 6.45) is 3.24. The van der Waals surface area contributed by atoms with Crippen molar-refractivity contribution in [2.75, 3.05) is 46.9 Å². The first-order valence-corrected chi connectivity index (χ1v) is 10.2. The Bertz CT molecular complexity index is 698. The van der Waals surface area contributed by atoms with Crippen LogP contribution >= 0.6 is 35.6 Å². The smallest absolute Gasteiger partial charge is 0.243 e. The van der Waals surface area contributed by atoms with Crippen LogP contribution in [0.5, 0.6) is 5.75 Å². The number of aliphatic imine (C=N–C) groups is 1. The second-order valence-electron chi connectivity index (χ2n) is 7.35. The Labute approximate surface area is 194 Å². The van der Waals surface area contributed by atoms with Crippen LogP contribution in [0.4, 0.5) is 0 Å². The Balaban J connectivity index is 0.00000300. The average molecular weight is 537 g/mol. The summed E-state index contributed by atoms with van der Waals surface area (Å²) in [5.41, 5.74) is 0. The fraction of sp³-hybridized carbons (Fsp3) is 0.600. The number of benzene rings is 1. The van der Waals surface area contributed by atoms with Gasteiger partial charge in [0, 0.05) is 40.2 Å². The molecular weight excluding hydrogens is 507 g/mol. The van der Waals surface area contributed by atoms with Crippen LogP contribution in [0.3, 0.4) is 0 Å². The van der Waals surface area contributed by atoms with Crippen LogP contribution in [0.1, 0.15) is 19.3 Å². The van der Waals surface area contributed by atoms with Gasteiger partial charge in [-0.2, -0.15) is 0 Å². The van der Waals surface area contributed by atoms with Gasteiger partial charge in [0.2, 0.25) is 5.91 Å². The highest BCUT2D eigenvalue weighted by Crippen LogP contribution is 2.26. The van der Waals surface area contributed by atoms with Gasteiger partial charge < -0.3 is 24.6 Å². The maximum absolute atomic E-state index is 12.0. The molecule has 0 aliphatic carbocycles. The van der Waals surface area contributed by atoms with Crippen LogP contribution in [-0.2, 0) is 9.53 Å². The first-order valence-electron chi connectivity index (χ1n) is 9.79. The summed E-state index contributed by atoms with van der Waals surface area (Å²) in [5, 5.41) is 4.01. The number of rotatable bonds is 6. The monoisotopic (exact) mass is 536 g/mol. The van der Waals surface area contributed by atoms with Gasteiger partial charge in [-0.15, -0.1) is 24.0 Å². The summed E-state index contributed by atoms with van der Waals surface area (Å²) in [7, 11) is 3.47. The third kappa shape index (κ3) is 7.18. The number of hydrogen-bond acceptors (Lipinski definition) is 4. The van der Waals surface area contributed by atoms with Gasteiger partial charge in [-0.3, -0.25) is 4.79 Å². The molecule has 2 unspecified atom stereocenters. The van der Waals surface area contributed by atoms with Crippen molar-refractivity contribution in [1.82, 2.24) is 15.1 Å². The number of carbonyl (C=O) groups excluding carboxylic acids is 1. The minimum absolute atomic E-state index is 0. The summed E-state index contributed by atoms with van der Waals surface area (Å²) in [6, 6.07) is 7.51.